The fourth-order valence-electron chi connectivity index (χ4n) is 2.49. The van der Waals surface area contributed by atoms with Gasteiger partial charge in [-0.1, -0.05) is 36.0 Å². The van der Waals surface area contributed by atoms with Crippen LogP contribution in [-0.2, 0) is 11.2 Å². The summed E-state index contributed by atoms with van der Waals surface area (Å²) >= 11 is 2.45. The van der Waals surface area contributed by atoms with Gasteiger partial charge in [0.25, 0.3) is 5.91 Å². The van der Waals surface area contributed by atoms with Crippen LogP contribution in [0.25, 0.3) is 5.13 Å². The van der Waals surface area contributed by atoms with E-state index < -0.39 is 5.97 Å². The van der Waals surface area contributed by atoms with E-state index in [2.05, 4.69) is 15.3 Å². The van der Waals surface area contributed by atoms with Crippen LogP contribution in [0.4, 0.5) is 5.13 Å². The number of aryl methyl sites for hydroxylation is 2. The highest BCUT2D eigenvalue weighted by Crippen LogP contribution is 2.27. The van der Waals surface area contributed by atoms with Crippen molar-refractivity contribution in [1.29, 1.82) is 0 Å². The highest BCUT2D eigenvalue weighted by molar-refractivity contribution is 7.18. The van der Waals surface area contributed by atoms with Crippen molar-refractivity contribution in [3.8, 4) is 5.13 Å². The van der Waals surface area contributed by atoms with Crippen LogP contribution >= 0.6 is 22.7 Å². The van der Waals surface area contributed by atoms with Gasteiger partial charge >= 0.3 is 5.97 Å². The molecule has 0 radical (unpaired) electrons. The third-order valence-corrected chi connectivity index (χ3v) is 5.85. The number of hydrogen-bond donors (Lipinski definition) is 1. The number of esters is 1. The maximum absolute atomic E-state index is 12.8. The Bertz CT molecular complexity index is 944. The molecule has 0 atom stereocenters. The Kier molecular flexibility index (Phi) is 6.02. The number of nitrogens with zero attached hydrogens (tertiary/aromatic N) is 3. The monoisotopic (exact) mass is 404 g/mol. The molecule has 3 rings (SSSR count). The SMILES string of the molecule is CCCc1nc(-n2cccc2)sc1C(=O)Nc1nc(C)c(C(=O)OCC)s1. The number of rotatable bonds is 7. The molecule has 27 heavy (non-hydrogen) atoms. The van der Waals surface area contributed by atoms with Crippen LogP contribution in [0.1, 0.15) is 51.0 Å². The van der Waals surface area contributed by atoms with Gasteiger partial charge in [-0.2, -0.15) is 0 Å². The Morgan fingerprint density at radius 2 is 1.89 bits per heavy atom. The molecule has 0 aliphatic carbocycles. The summed E-state index contributed by atoms with van der Waals surface area (Å²) in [6.07, 6.45) is 5.39. The fourth-order valence-corrected chi connectivity index (χ4v) is 4.32. The van der Waals surface area contributed by atoms with E-state index in [0.29, 0.717) is 33.6 Å². The lowest BCUT2D eigenvalue weighted by Gasteiger charge is -2.01. The van der Waals surface area contributed by atoms with Gasteiger partial charge in [-0.3, -0.25) is 10.1 Å². The van der Waals surface area contributed by atoms with E-state index in [4.69, 9.17) is 4.74 Å². The van der Waals surface area contributed by atoms with Crippen LogP contribution in [0.5, 0.6) is 0 Å². The maximum Gasteiger partial charge on any atom is 0.350 e. The lowest BCUT2D eigenvalue weighted by Crippen LogP contribution is -2.12. The molecule has 1 N–H and O–H groups in total. The topological polar surface area (TPSA) is 86.1 Å². The van der Waals surface area contributed by atoms with Crippen LogP contribution in [0.15, 0.2) is 24.5 Å². The first-order valence-corrected chi connectivity index (χ1v) is 10.3. The summed E-state index contributed by atoms with van der Waals surface area (Å²) in [6.45, 7) is 5.81. The van der Waals surface area contributed by atoms with Crippen molar-refractivity contribution in [2.45, 2.75) is 33.6 Å². The van der Waals surface area contributed by atoms with E-state index in [9.17, 15) is 9.59 Å². The van der Waals surface area contributed by atoms with Crippen molar-refractivity contribution in [2.24, 2.45) is 0 Å². The molecule has 0 saturated heterocycles. The second-order valence-corrected chi connectivity index (χ2v) is 7.70. The highest BCUT2D eigenvalue weighted by Gasteiger charge is 2.22. The number of amides is 1. The van der Waals surface area contributed by atoms with Gasteiger partial charge in [0.05, 0.1) is 18.0 Å². The molecule has 1 amide bonds. The Morgan fingerprint density at radius 1 is 1.15 bits per heavy atom. The number of carbonyl (C=O) groups excluding carboxylic acids is 2. The molecule has 0 aliphatic rings. The first-order valence-electron chi connectivity index (χ1n) is 8.62. The van der Waals surface area contributed by atoms with Gasteiger partial charge in [-0.15, -0.1) is 0 Å². The van der Waals surface area contributed by atoms with E-state index >= 15 is 0 Å². The summed E-state index contributed by atoms with van der Waals surface area (Å²) in [6, 6.07) is 3.83. The number of carbonyl (C=O) groups is 2. The highest BCUT2D eigenvalue weighted by atomic mass is 32.1. The Morgan fingerprint density at radius 3 is 2.56 bits per heavy atom. The van der Waals surface area contributed by atoms with Crippen molar-refractivity contribution in [3.63, 3.8) is 0 Å². The summed E-state index contributed by atoms with van der Waals surface area (Å²) in [5.74, 6) is -0.689. The first kappa shape index (κ1) is 19.2. The molecule has 9 heteroatoms. The van der Waals surface area contributed by atoms with Gasteiger partial charge in [0.15, 0.2) is 10.3 Å². The van der Waals surface area contributed by atoms with Crippen LogP contribution in [0, 0.1) is 6.92 Å². The smallest absolute Gasteiger partial charge is 0.350 e. The average Bonchev–Trinajstić information content (AvgIpc) is 3.35. The number of aromatic nitrogens is 3. The van der Waals surface area contributed by atoms with E-state index in [1.54, 1.807) is 13.8 Å². The quantitative estimate of drug-likeness (QED) is 0.600. The molecule has 142 valence electrons. The number of hydrogen-bond acceptors (Lipinski definition) is 7. The van der Waals surface area contributed by atoms with E-state index in [1.807, 2.05) is 36.0 Å². The molecule has 3 aromatic rings. The van der Waals surface area contributed by atoms with Crippen molar-refractivity contribution < 1.29 is 14.3 Å². The van der Waals surface area contributed by atoms with Gasteiger partial charge in [0, 0.05) is 12.4 Å². The van der Waals surface area contributed by atoms with Gasteiger partial charge in [-0.25, -0.2) is 14.8 Å². The molecule has 3 aromatic heterocycles. The Balaban J connectivity index is 1.84. The average molecular weight is 405 g/mol. The molecule has 7 nitrogen and oxygen atoms in total. The molecule has 0 aliphatic heterocycles. The summed E-state index contributed by atoms with van der Waals surface area (Å²) in [5.41, 5.74) is 1.31. The van der Waals surface area contributed by atoms with Crippen molar-refractivity contribution in [2.75, 3.05) is 11.9 Å². The minimum absolute atomic E-state index is 0.265. The molecule has 0 bridgehead atoms. The largest absolute Gasteiger partial charge is 0.462 e. The molecular weight excluding hydrogens is 384 g/mol. The molecule has 0 unspecified atom stereocenters. The molecule has 3 heterocycles. The van der Waals surface area contributed by atoms with E-state index in [0.717, 1.165) is 28.6 Å². The van der Waals surface area contributed by atoms with Crippen molar-refractivity contribution in [1.82, 2.24) is 14.5 Å². The fraction of sp³-hybridized carbons (Fsp3) is 0.333. The summed E-state index contributed by atoms with van der Waals surface area (Å²) < 4.78 is 6.90. The van der Waals surface area contributed by atoms with Gasteiger partial charge in [-0.05, 0) is 32.4 Å². The van der Waals surface area contributed by atoms with E-state index in [-0.39, 0.29) is 5.91 Å². The van der Waals surface area contributed by atoms with Crippen LogP contribution in [0.2, 0.25) is 0 Å². The minimum atomic E-state index is -0.424. The zero-order valence-corrected chi connectivity index (χ0v) is 16.9. The lowest BCUT2D eigenvalue weighted by molar-refractivity contribution is 0.0531. The van der Waals surface area contributed by atoms with Crippen molar-refractivity contribution >= 4 is 39.7 Å². The predicted molar refractivity (Wildman–Crippen MR) is 106 cm³/mol. The maximum atomic E-state index is 12.8. The van der Waals surface area contributed by atoms with Gasteiger partial charge in [0.1, 0.15) is 9.75 Å². The second kappa shape index (κ2) is 8.45. The summed E-state index contributed by atoms with van der Waals surface area (Å²) in [5, 5.41) is 3.92. The van der Waals surface area contributed by atoms with Crippen LogP contribution in [0.3, 0.4) is 0 Å². The summed E-state index contributed by atoms with van der Waals surface area (Å²) in [4.78, 5) is 34.6. The third-order valence-electron chi connectivity index (χ3n) is 3.68. The lowest BCUT2D eigenvalue weighted by atomic mass is 10.2. The summed E-state index contributed by atoms with van der Waals surface area (Å²) in [7, 11) is 0. The minimum Gasteiger partial charge on any atom is -0.462 e. The molecule has 0 aromatic carbocycles. The molecule has 0 saturated carbocycles. The molecular formula is C18H20N4O3S2. The number of ether oxygens (including phenoxy) is 1. The predicted octanol–water partition coefficient (Wildman–Crippen LogP) is 4.08. The molecule has 0 fully saturated rings. The first-order chi connectivity index (χ1) is 13.0. The van der Waals surface area contributed by atoms with Crippen molar-refractivity contribution in [3.05, 3.63) is 45.7 Å². The van der Waals surface area contributed by atoms with E-state index in [1.165, 1.54) is 11.3 Å². The van der Waals surface area contributed by atoms with Crippen LogP contribution in [-0.4, -0.2) is 33.0 Å². The normalized spacial score (nSPS) is 10.8. The number of anilines is 1. The standard InChI is InChI=1S/C18H20N4O3S2/c1-4-8-12-14(27-18(20-12)22-9-6-7-10-22)15(23)21-17-19-11(3)13(26-17)16(24)25-5-2/h6-7,9-10H,4-5,8H2,1-3H3,(H,19,21,23). The van der Waals surface area contributed by atoms with Crippen LogP contribution < -0.4 is 5.32 Å². The number of thiazole rings is 2. The number of nitrogens with one attached hydrogen (secondary N) is 1. The Hall–Kier alpha value is -2.52. The Labute approximate surface area is 165 Å². The van der Waals surface area contributed by atoms with Gasteiger partial charge < -0.3 is 9.30 Å². The third kappa shape index (κ3) is 4.25. The van der Waals surface area contributed by atoms with Gasteiger partial charge in [0.2, 0.25) is 0 Å². The zero-order chi connectivity index (χ0) is 19.4. The second-order valence-electron chi connectivity index (χ2n) is 5.72. The molecule has 0 spiro atoms. The zero-order valence-electron chi connectivity index (χ0n) is 15.3.